The summed E-state index contributed by atoms with van der Waals surface area (Å²) in [5.74, 6) is 0. The van der Waals surface area contributed by atoms with Crippen LogP contribution in [0.3, 0.4) is 0 Å². The van der Waals surface area contributed by atoms with E-state index >= 15 is 0 Å². The van der Waals surface area contributed by atoms with E-state index in [9.17, 15) is 0 Å². The van der Waals surface area contributed by atoms with E-state index in [0.717, 1.165) is 13.1 Å². The predicted octanol–water partition coefficient (Wildman–Crippen LogP) is -0.844. The van der Waals surface area contributed by atoms with E-state index in [0.29, 0.717) is 6.61 Å². The second-order valence-electron chi connectivity index (χ2n) is 3.01. The van der Waals surface area contributed by atoms with Gasteiger partial charge < -0.3 is 19.9 Å². The lowest BCUT2D eigenvalue weighted by molar-refractivity contribution is -0.170. The number of fused-ring (bicyclic) bond motifs is 1. The Labute approximate surface area is 77.6 Å². The monoisotopic (exact) mass is 195 g/mol. The first-order valence-corrected chi connectivity index (χ1v) is 3.99. The topological polar surface area (TPSA) is 50.7 Å². The van der Waals surface area contributed by atoms with Gasteiger partial charge in [0, 0.05) is 13.1 Å². The minimum absolute atomic E-state index is 0. The minimum atomic E-state index is -0.115. The molecule has 2 fully saturated rings. The van der Waals surface area contributed by atoms with Crippen LogP contribution in [0, 0.1) is 0 Å². The molecule has 0 aliphatic carbocycles. The van der Waals surface area contributed by atoms with Gasteiger partial charge in [-0.25, -0.2) is 0 Å². The van der Waals surface area contributed by atoms with Gasteiger partial charge in [-0.2, -0.15) is 0 Å². The summed E-state index contributed by atoms with van der Waals surface area (Å²) in [4.78, 5) is 0. The predicted molar refractivity (Wildman–Crippen MR) is 45.6 cm³/mol. The molecule has 0 aromatic carbocycles. The Morgan fingerprint density at radius 3 is 2.83 bits per heavy atom. The second-order valence-corrected chi connectivity index (χ2v) is 3.01. The molecule has 2 N–H and O–H groups in total. The molecule has 0 spiro atoms. The molecule has 3 atom stereocenters. The molecule has 2 aliphatic rings. The lowest BCUT2D eigenvalue weighted by atomic mass is 10.2. The Bertz CT molecular complexity index is 147. The van der Waals surface area contributed by atoms with Crippen LogP contribution in [0.25, 0.3) is 0 Å². The van der Waals surface area contributed by atoms with Gasteiger partial charge in [0.05, 0.1) is 25.4 Å². The molecule has 0 aromatic heterocycles. The molecule has 0 radical (unpaired) electrons. The normalized spacial score (nSPS) is 40.2. The molecule has 0 saturated carbocycles. The highest BCUT2D eigenvalue weighted by Gasteiger charge is 2.35. The standard InChI is InChI=1S/C7H13NO3.ClH/c9-3-5-4-10-6-1-8-2-7(6)11-5;/h5-9H,1-4H2;1H. The van der Waals surface area contributed by atoms with Crippen LogP contribution in [-0.2, 0) is 9.47 Å². The van der Waals surface area contributed by atoms with Crippen molar-refractivity contribution in [2.45, 2.75) is 18.3 Å². The Balaban J connectivity index is 0.000000720. The quantitative estimate of drug-likeness (QED) is 0.573. The van der Waals surface area contributed by atoms with Crippen LogP contribution < -0.4 is 5.32 Å². The summed E-state index contributed by atoms with van der Waals surface area (Å²) in [6.07, 6.45) is 0.245. The summed E-state index contributed by atoms with van der Waals surface area (Å²) < 4.78 is 11.0. The molecular weight excluding hydrogens is 182 g/mol. The Morgan fingerprint density at radius 2 is 2.08 bits per heavy atom. The van der Waals surface area contributed by atoms with Crippen molar-refractivity contribution in [2.24, 2.45) is 0 Å². The highest BCUT2D eigenvalue weighted by Crippen LogP contribution is 2.17. The van der Waals surface area contributed by atoms with Crippen molar-refractivity contribution in [1.82, 2.24) is 5.32 Å². The van der Waals surface area contributed by atoms with Gasteiger partial charge in [0.25, 0.3) is 0 Å². The van der Waals surface area contributed by atoms with E-state index in [-0.39, 0.29) is 37.3 Å². The molecule has 12 heavy (non-hydrogen) atoms. The van der Waals surface area contributed by atoms with Crippen LogP contribution >= 0.6 is 12.4 Å². The second kappa shape index (κ2) is 4.39. The summed E-state index contributed by atoms with van der Waals surface area (Å²) in [7, 11) is 0. The summed E-state index contributed by atoms with van der Waals surface area (Å²) in [5, 5.41) is 12.0. The van der Waals surface area contributed by atoms with Crippen LogP contribution in [0.4, 0.5) is 0 Å². The SMILES string of the molecule is Cl.OCC1COC2CNCC2O1. The van der Waals surface area contributed by atoms with E-state index in [1.807, 2.05) is 0 Å². The third-order valence-electron chi connectivity index (χ3n) is 2.17. The summed E-state index contributed by atoms with van der Waals surface area (Å²) in [5.41, 5.74) is 0. The lowest BCUT2D eigenvalue weighted by Gasteiger charge is -2.30. The zero-order valence-corrected chi connectivity index (χ0v) is 7.55. The fourth-order valence-electron chi connectivity index (χ4n) is 1.55. The number of rotatable bonds is 1. The van der Waals surface area contributed by atoms with Crippen LogP contribution in [0.2, 0.25) is 0 Å². The van der Waals surface area contributed by atoms with Crippen LogP contribution in [0.15, 0.2) is 0 Å². The van der Waals surface area contributed by atoms with Gasteiger partial charge in [-0.05, 0) is 0 Å². The molecule has 0 amide bonds. The van der Waals surface area contributed by atoms with Crippen molar-refractivity contribution in [3.8, 4) is 0 Å². The van der Waals surface area contributed by atoms with Gasteiger partial charge in [-0.1, -0.05) is 0 Å². The van der Waals surface area contributed by atoms with Gasteiger partial charge in [0.2, 0.25) is 0 Å². The molecule has 0 aromatic rings. The van der Waals surface area contributed by atoms with Gasteiger partial charge in [-0.15, -0.1) is 12.4 Å². The van der Waals surface area contributed by atoms with Crippen LogP contribution in [0.5, 0.6) is 0 Å². The molecule has 5 heteroatoms. The van der Waals surface area contributed by atoms with Crippen molar-refractivity contribution in [1.29, 1.82) is 0 Å². The number of nitrogens with one attached hydrogen (secondary N) is 1. The Hall–Kier alpha value is 0.130. The summed E-state index contributed by atoms with van der Waals surface area (Å²) in [6.45, 7) is 2.31. The highest BCUT2D eigenvalue weighted by molar-refractivity contribution is 5.85. The molecule has 2 heterocycles. The number of halogens is 1. The minimum Gasteiger partial charge on any atom is -0.394 e. The maximum Gasteiger partial charge on any atom is 0.104 e. The zero-order valence-electron chi connectivity index (χ0n) is 6.73. The number of hydrogen-bond donors (Lipinski definition) is 2. The van der Waals surface area contributed by atoms with Gasteiger partial charge >= 0.3 is 0 Å². The molecule has 3 unspecified atom stereocenters. The highest BCUT2D eigenvalue weighted by atomic mass is 35.5. The van der Waals surface area contributed by atoms with Crippen molar-refractivity contribution < 1.29 is 14.6 Å². The number of aliphatic hydroxyl groups is 1. The fourth-order valence-corrected chi connectivity index (χ4v) is 1.55. The van der Waals surface area contributed by atoms with Gasteiger partial charge in [0.15, 0.2) is 0 Å². The van der Waals surface area contributed by atoms with Crippen molar-refractivity contribution >= 4 is 12.4 Å². The third-order valence-corrected chi connectivity index (χ3v) is 2.17. The van der Waals surface area contributed by atoms with E-state index in [4.69, 9.17) is 14.6 Å². The first kappa shape index (κ1) is 10.2. The van der Waals surface area contributed by atoms with E-state index < -0.39 is 0 Å². The fraction of sp³-hybridized carbons (Fsp3) is 1.00. The van der Waals surface area contributed by atoms with Crippen molar-refractivity contribution in [3.05, 3.63) is 0 Å². The van der Waals surface area contributed by atoms with Crippen LogP contribution in [-0.4, -0.2) is 49.7 Å². The Kier molecular flexibility index (Phi) is 3.74. The van der Waals surface area contributed by atoms with Crippen molar-refractivity contribution in [3.63, 3.8) is 0 Å². The van der Waals surface area contributed by atoms with E-state index in [1.54, 1.807) is 0 Å². The van der Waals surface area contributed by atoms with Gasteiger partial charge in [-0.3, -0.25) is 0 Å². The number of aliphatic hydroxyl groups excluding tert-OH is 1. The maximum absolute atomic E-state index is 8.79. The first-order valence-electron chi connectivity index (χ1n) is 3.99. The lowest BCUT2D eigenvalue weighted by Crippen LogP contribution is -2.44. The zero-order chi connectivity index (χ0) is 7.68. The van der Waals surface area contributed by atoms with Crippen LogP contribution in [0.1, 0.15) is 0 Å². The maximum atomic E-state index is 8.79. The molecule has 2 saturated heterocycles. The largest absolute Gasteiger partial charge is 0.394 e. The van der Waals surface area contributed by atoms with E-state index in [2.05, 4.69) is 5.32 Å². The summed E-state index contributed by atoms with van der Waals surface area (Å²) in [6, 6.07) is 0. The Morgan fingerprint density at radius 1 is 1.33 bits per heavy atom. The smallest absolute Gasteiger partial charge is 0.104 e. The number of ether oxygens (including phenoxy) is 2. The average Bonchev–Trinajstić information content (AvgIpc) is 2.50. The molecule has 2 rings (SSSR count). The van der Waals surface area contributed by atoms with Gasteiger partial charge in [0.1, 0.15) is 6.10 Å². The number of hydrogen-bond acceptors (Lipinski definition) is 4. The molecule has 0 bridgehead atoms. The van der Waals surface area contributed by atoms with E-state index in [1.165, 1.54) is 0 Å². The molecular formula is C7H14ClNO3. The third kappa shape index (κ3) is 1.89. The summed E-state index contributed by atoms with van der Waals surface area (Å²) >= 11 is 0. The van der Waals surface area contributed by atoms with Crippen molar-refractivity contribution in [2.75, 3.05) is 26.3 Å². The molecule has 4 nitrogen and oxygen atoms in total. The molecule has 72 valence electrons. The average molecular weight is 196 g/mol. The molecule has 2 aliphatic heterocycles. The first-order chi connectivity index (χ1) is 5.40.